The predicted molar refractivity (Wildman–Crippen MR) is 69.2 cm³/mol. The van der Waals surface area contributed by atoms with E-state index in [2.05, 4.69) is 10.1 Å². The first-order chi connectivity index (χ1) is 8.83. The van der Waals surface area contributed by atoms with Crippen LogP contribution in [0.2, 0.25) is 0 Å². The molecule has 0 fully saturated rings. The van der Waals surface area contributed by atoms with Gasteiger partial charge in [-0.25, -0.2) is 4.79 Å². The lowest BCUT2D eigenvalue weighted by Gasteiger charge is -2.23. The van der Waals surface area contributed by atoms with Crippen molar-refractivity contribution < 1.29 is 23.9 Å². The maximum Gasteiger partial charge on any atom is 0.328 e. The highest BCUT2D eigenvalue weighted by atomic mass is 16.5. The second-order valence-corrected chi connectivity index (χ2v) is 5.10. The molecule has 110 valence electrons. The molecule has 0 bridgehead atoms. The number of hydrogen-bond donors (Lipinski definition) is 1. The van der Waals surface area contributed by atoms with Gasteiger partial charge in [-0.15, -0.1) is 0 Å². The summed E-state index contributed by atoms with van der Waals surface area (Å²) in [5.41, 5.74) is 0. The maximum atomic E-state index is 12.0. The molecule has 0 aromatic rings. The quantitative estimate of drug-likeness (QED) is 0.524. The Morgan fingerprint density at radius 2 is 1.79 bits per heavy atom. The normalized spacial score (nSPS) is 13.8. The van der Waals surface area contributed by atoms with Crippen molar-refractivity contribution in [1.82, 2.24) is 5.32 Å². The van der Waals surface area contributed by atoms with Gasteiger partial charge in [-0.1, -0.05) is 27.7 Å². The molecule has 19 heavy (non-hydrogen) atoms. The van der Waals surface area contributed by atoms with E-state index in [1.54, 1.807) is 13.8 Å². The second kappa shape index (κ2) is 8.50. The molecule has 6 heteroatoms. The Morgan fingerprint density at radius 1 is 1.21 bits per heavy atom. The zero-order valence-electron chi connectivity index (χ0n) is 12.1. The minimum Gasteiger partial charge on any atom is -0.467 e. The van der Waals surface area contributed by atoms with E-state index in [-0.39, 0.29) is 18.3 Å². The van der Waals surface area contributed by atoms with Gasteiger partial charge in [0.05, 0.1) is 7.11 Å². The van der Waals surface area contributed by atoms with Crippen molar-refractivity contribution in [3.05, 3.63) is 0 Å². The third kappa shape index (κ3) is 6.22. The molecular weight excluding hydrogens is 250 g/mol. The van der Waals surface area contributed by atoms with Crippen molar-refractivity contribution in [1.29, 1.82) is 0 Å². The first kappa shape index (κ1) is 17.4. The van der Waals surface area contributed by atoms with Crippen LogP contribution in [0.1, 0.15) is 34.1 Å². The van der Waals surface area contributed by atoms with E-state index in [4.69, 9.17) is 4.74 Å². The Kier molecular flexibility index (Phi) is 7.79. The molecule has 0 aromatic heterocycles. The molecule has 1 amide bonds. The predicted octanol–water partition coefficient (Wildman–Crippen LogP) is 0.888. The van der Waals surface area contributed by atoms with Crippen molar-refractivity contribution in [3.63, 3.8) is 0 Å². The average Bonchev–Trinajstić information content (AvgIpc) is 2.33. The summed E-state index contributed by atoms with van der Waals surface area (Å²) in [6.45, 7) is 7.65. The summed E-state index contributed by atoms with van der Waals surface area (Å²) >= 11 is 0. The zero-order chi connectivity index (χ0) is 15.0. The second-order valence-electron chi connectivity index (χ2n) is 5.10. The van der Waals surface area contributed by atoms with Gasteiger partial charge in [0.25, 0.3) is 12.4 Å². The van der Waals surface area contributed by atoms with E-state index in [0.717, 1.165) is 0 Å². The molecule has 0 spiro atoms. The molecular formula is C13H23NO5. The Hall–Kier alpha value is -1.59. The van der Waals surface area contributed by atoms with Crippen LogP contribution in [0.15, 0.2) is 0 Å². The summed E-state index contributed by atoms with van der Waals surface area (Å²) in [7, 11) is 1.26. The van der Waals surface area contributed by atoms with Crippen LogP contribution in [0.25, 0.3) is 0 Å². The molecule has 2 atom stereocenters. The van der Waals surface area contributed by atoms with Crippen LogP contribution < -0.4 is 5.32 Å². The van der Waals surface area contributed by atoms with E-state index in [1.165, 1.54) is 7.11 Å². The summed E-state index contributed by atoms with van der Waals surface area (Å²) in [6, 6.07) is -0.748. The van der Waals surface area contributed by atoms with E-state index in [1.807, 2.05) is 13.8 Å². The number of esters is 1. The van der Waals surface area contributed by atoms with Gasteiger partial charge in [0.1, 0.15) is 6.04 Å². The largest absolute Gasteiger partial charge is 0.467 e. The summed E-state index contributed by atoms with van der Waals surface area (Å²) in [5, 5.41) is 2.56. The van der Waals surface area contributed by atoms with Gasteiger partial charge in [-0.05, 0) is 18.3 Å². The highest BCUT2D eigenvalue weighted by molar-refractivity contribution is 5.87. The molecule has 1 N–H and O–H groups in total. The minimum absolute atomic E-state index is 0.118. The molecule has 0 rings (SSSR count). The van der Waals surface area contributed by atoms with Crippen molar-refractivity contribution >= 4 is 18.3 Å². The van der Waals surface area contributed by atoms with Crippen LogP contribution in [0.3, 0.4) is 0 Å². The first-order valence-corrected chi connectivity index (χ1v) is 6.30. The number of rotatable bonds is 8. The highest BCUT2D eigenvalue weighted by Gasteiger charge is 2.29. The van der Waals surface area contributed by atoms with Gasteiger partial charge in [-0.2, -0.15) is 0 Å². The van der Waals surface area contributed by atoms with Crippen molar-refractivity contribution in [3.8, 4) is 0 Å². The molecule has 0 saturated heterocycles. The standard InChI is InChI=1S/C13H23NO5/c1-8(2)6-10(19-7-15)12(16)14-11(9(3)4)13(17)18-5/h7-11H,6H2,1-5H3,(H,14,16)/t10-,11-/m0/s1. The number of carbonyl (C=O) groups is 3. The minimum atomic E-state index is -0.886. The van der Waals surface area contributed by atoms with Crippen molar-refractivity contribution in [2.24, 2.45) is 11.8 Å². The zero-order valence-corrected chi connectivity index (χ0v) is 12.1. The number of amides is 1. The Labute approximate surface area is 113 Å². The van der Waals surface area contributed by atoms with Crippen LogP contribution in [0.4, 0.5) is 0 Å². The molecule has 0 heterocycles. The number of nitrogens with one attached hydrogen (secondary N) is 1. The van der Waals surface area contributed by atoms with E-state index < -0.39 is 24.0 Å². The van der Waals surface area contributed by atoms with Gasteiger partial charge < -0.3 is 14.8 Å². The van der Waals surface area contributed by atoms with E-state index >= 15 is 0 Å². The topological polar surface area (TPSA) is 81.7 Å². The lowest BCUT2D eigenvalue weighted by atomic mass is 10.0. The van der Waals surface area contributed by atoms with Crippen molar-refractivity contribution in [2.75, 3.05) is 7.11 Å². The van der Waals surface area contributed by atoms with E-state index in [0.29, 0.717) is 6.42 Å². The van der Waals surface area contributed by atoms with Crippen LogP contribution in [0.5, 0.6) is 0 Å². The van der Waals surface area contributed by atoms with Gasteiger partial charge in [0.15, 0.2) is 6.10 Å². The summed E-state index contributed by atoms with van der Waals surface area (Å²) in [4.78, 5) is 34.0. The Balaban J connectivity index is 4.74. The smallest absolute Gasteiger partial charge is 0.328 e. The molecule has 0 radical (unpaired) electrons. The van der Waals surface area contributed by atoms with Crippen LogP contribution in [0, 0.1) is 11.8 Å². The van der Waals surface area contributed by atoms with Crippen LogP contribution >= 0.6 is 0 Å². The third-order valence-electron chi connectivity index (χ3n) is 2.62. The lowest BCUT2D eigenvalue weighted by molar-refractivity contribution is -0.151. The number of carbonyl (C=O) groups excluding carboxylic acids is 3. The fraction of sp³-hybridized carbons (Fsp3) is 0.769. The van der Waals surface area contributed by atoms with Gasteiger partial charge in [0, 0.05) is 0 Å². The summed E-state index contributed by atoms with van der Waals surface area (Å²) < 4.78 is 9.40. The third-order valence-corrected chi connectivity index (χ3v) is 2.62. The monoisotopic (exact) mass is 273 g/mol. The van der Waals surface area contributed by atoms with Crippen LogP contribution in [-0.4, -0.2) is 37.6 Å². The number of hydrogen-bond acceptors (Lipinski definition) is 5. The molecule has 0 aromatic carbocycles. The summed E-state index contributed by atoms with van der Waals surface area (Å²) in [5.74, 6) is -0.929. The molecule has 0 aliphatic heterocycles. The Morgan fingerprint density at radius 3 is 2.16 bits per heavy atom. The molecule has 0 aliphatic carbocycles. The molecule has 0 saturated carbocycles. The van der Waals surface area contributed by atoms with Gasteiger partial charge in [-0.3, -0.25) is 9.59 Å². The summed E-state index contributed by atoms with van der Waals surface area (Å²) in [6.07, 6.45) is -0.486. The highest BCUT2D eigenvalue weighted by Crippen LogP contribution is 2.10. The van der Waals surface area contributed by atoms with Crippen molar-refractivity contribution in [2.45, 2.75) is 46.3 Å². The SMILES string of the molecule is COC(=O)[C@@H](NC(=O)[C@H](CC(C)C)OC=O)C(C)C. The fourth-order valence-corrected chi connectivity index (χ4v) is 1.59. The lowest BCUT2D eigenvalue weighted by Crippen LogP contribution is -2.49. The number of ether oxygens (including phenoxy) is 2. The molecule has 0 unspecified atom stereocenters. The Bertz CT molecular complexity index is 314. The van der Waals surface area contributed by atoms with Gasteiger partial charge >= 0.3 is 5.97 Å². The van der Waals surface area contributed by atoms with Crippen LogP contribution in [-0.2, 0) is 23.9 Å². The van der Waals surface area contributed by atoms with Gasteiger partial charge in [0.2, 0.25) is 0 Å². The molecule has 0 aliphatic rings. The maximum absolute atomic E-state index is 12.0. The van der Waals surface area contributed by atoms with E-state index in [9.17, 15) is 14.4 Å². The molecule has 6 nitrogen and oxygen atoms in total. The fourth-order valence-electron chi connectivity index (χ4n) is 1.59. The average molecular weight is 273 g/mol. The number of methoxy groups -OCH3 is 1. The first-order valence-electron chi connectivity index (χ1n) is 6.30.